The standard InChI is InChI=1S/C79H144NO8P/c1-6-8-10-12-14-16-18-20-22-24-26-28-30-32-34-36-38-39-40-42-43-45-47-49-51-53-55-57-59-61-63-65-67-69-71-78(81)85-75-77(76-87-89(83,84)86-74-73-80(3,4)5)88-79(82)72-70-68-66-64-62-60-58-56-54-52-50-48-46-44-41-37-35-33-31-29-27-25-23-21-19-17-15-13-11-9-7-2/h9,11,15,17,21,23,27,29,33,35,41,44,48,50,77H,6-8,10,12-14,16,18-20,22,24-26,28,30-32,34,36-40,42-43,45-47,49,51-76H2,1-5H3/b11-9-,17-15-,23-21-,29-27-,35-33-,44-41-,50-48-. The minimum atomic E-state index is -4.65. The van der Waals surface area contributed by atoms with Crippen LogP contribution < -0.4 is 4.89 Å². The lowest BCUT2D eigenvalue weighted by atomic mass is 10.0. The molecule has 9 nitrogen and oxygen atoms in total. The van der Waals surface area contributed by atoms with Crippen molar-refractivity contribution < 1.29 is 42.1 Å². The zero-order valence-electron chi connectivity index (χ0n) is 59.1. The first-order valence-electron chi connectivity index (χ1n) is 37.8. The molecular weight excluding hydrogens is 1120 g/mol. The normalized spacial score (nSPS) is 13.6. The molecule has 0 spiro atoms. The van der Waals surface area contributed by atoms with Gasteiger partial charge in [0.1, 0.15) is 19.8 Å². The lowest BCUT2D eigenvalue weighted by Crippen LogP contribution is -2.37. The molecule has 2 unspecified atom stereocenters. The second kappa shape index (κ2) is 69.5. The van der Waals surface area contributed by atoms with Crippen LogP contribution >= 0.6 is 7.82 Å². The summed E-state index contributed by atoms with van der Waals surface area (Å²) in [5.41, 5.74) is 0. The molecule has 0 aromatic carbocycles. The number of unbranched alkanes of at least 4 members (excludes halogenated alkanes) is 42. The van der Waals surface area contributed by atoms with Gasteiger partial charge in [-0.15, -0.1) is 0 Å². The Hall–Kier alpha value is -2.81. The van der Waals surface area contributed by atoms with Crippen LogP contribution in [0.25, 0.3) is 0 Å². The summed E-state index contributed by atoms with van der Waals surface area (Å²) in [5, 5.41) is 0. The first-order chi connectivity index (χ1) is 43.5. The van der Waals surface area contributed by atoms with Crippen molar-refractivity contribution >= 4 is 19.8 Å². The number of phosphoric ester groups is 1. The monoisotopic (exact) mass is 1270 g/mol. The number of likely N-dealkylation sites (N-methyl/N-ethyl adjacent to an activating group) is 1. The van der Waals surface area contributed by atoms with E-state index in [1.54, 1.807) is 0 Å². The number of carbonyl (C=O) groups excluding carboxylic acids is 2. The molecule has 518 valence electrons. The third kappa shape index (κ3) is 74.1. The van der Waals surface area contributed by atoms with E-state index in [2.05, 4.69) is 98.9 Å². The highest BCUT2D eigenvalue weighted by molar-refractivity contribution is 7.45. The fourth-order valence-corrected chi connectivity index (χ4v) is 11.7. The highest BCUT2D eigenvalue weighted by atomic mass is 31.2. The lowest BCUT2D eigenvalue weighted by molar-refractivity contribution is -0.870. The van der Waals surface area contributed by atoms with Crippen LogP contribution in [0.4, 0.5) is 0 Å². The Morgan fingerprint density at radius 3 is 0.955 bits per heavy atom. The number of hydrogen-bond donors (Lipinski definition) is 0. The van der Waals surface area contributed by atoms with Crippen molar-refractivity contribution in [2.75, 3.05) is 47.5 Å². The third-order valence-electron chi connectivity index (χ3n) is 16.7. The Morgan fingerprint density at radius 1 is 0.360 bits per heavy atom. The molecule has 0 fully saturated rings. The van der Waals surface area contributed by atoms with Crippen molar-refractivity contribution in [2.24, 2.45) is 0 Å². The number of quaternary nitrogens is 1. The van der Waals surface area contributed by atoms with Crippen LogP contribution in [-0.4, -0.2) is 70.0 Å². The molecule has 0 aliphatic heterocycles. The number of rotatable bonds is 70. The van der Waals surface area contributed by atoms with E-state index in [-0.39, 0.29) is 32.0 Å². The molecule has 0 aliphatic rings. The molecule has 0 N–H and O–H groups in total. The van der Waals surface area contributed by atoms with E-state index < -0.39 is 26.5 Å². The van der Waals surface area contributed by atoms with Crippen molar-refractivity contribution in [2.45, 2.75) is 360 Å². The van der Waals surface area contributed by atoms with Crippen molar-refractivity contribution in [3.63, 3.8) is 0 Å². The van der Waals surface area contributed by atoms with E-state index in [0.29, 0.717) is 17.4 Å². The van der Waals surface area contributed by atoms with Gasteiger partial charge < -0.3 is 27.9 Å². The van der Waals surface area contributed by atoms with Crippen LogP contribution in [0.1, 0.15) is 354 Å². The van der Waals surface area contributed by atoms with Crippen LogP contribution in [0.15, 0.2) is 85.1 Å². The summed E-state index contributed by atoms with van der Waals surface area (Å²) in [6, 6.07) is 0. The third-order valence-corrected chi connectivity index (χ3v) is 17.6. The fraction of sp³-hybridized carbons (Fsp3) is 0.797. The van der Waals surface area contributed by atoms with Crippen LogP contribution in [0.5, 0.6) is 0 Å². The van der Waals surface area contributed by atoms with E-state index in [9.17, 15) is 19.0 Å². The summed E-state index contributed by atoms with van der Waals surface area (Å²) < 4.78 is 34.4. The van der Waals surface area contributed by atoms with Gasteiger partial charge in [0.15, 0.2) is 6.10 Å². The second-order valence-corrected chi connectivity index (χ2v) is 28.1. The smallest absolute Gasteiger partial charge is 0.306 e. The van der Waals surface area contributed by atoms with Gasteiger partial charge in [-0.05, 0) is 70.6 Å². The number of allylic oxidation sites excluding steroid dienone is 14. The molecule has 0 radical (unpaired) electrons. The van der Waals surface area contributed by atoms with Gasteiger partial charge >= 0.3 is 11.9 Å². The highest BCUT2D eigenvalue weighted by Gasteiger charge is 2.22. The van der Waals surface area contributed by atoms with E-state index >= 15 is 0 Å². The van der Waals surface area contributed by atoms with Gasteiger partial charge in [-0.25, -0.2) is 0 Å². The number of nitrogens with zero attached hydrogens (tertiary/aromatic N) is 1. The van der Waals surface area contributed by atoms with Crippen LogP contribution in [0.3, 0.4) is 0 Å². The molecule has 0 saturated heterocycles. The van der Waals surface area contributed by atoms with Crippen molar-refractivity contribution in [3.05, 3.63) is 85.1 Å². The highest BCUT2D eigenvalue weighted by Crippen LogP contribution is 2.38. The lowest BCUT2D eigenvalue weighted by Gasteiger charge is -2.28. The van der Waals surface area contributed by atoms with Gasteiger partial charge in [-0.3, -0.25) is 14.2 Å². The topological polar surface area (TPSA) is 111 Å². The molecule has 0 aliphatic carbocycles. The minimum absolute atomic E-state index is 0.0338. The summed E-state index contributed by atoms with van der Waals surface area (Å²) in [6.07, 6.45) is 95.5. The van der Waals surface area contributed by atoms with Crippen LogP contribution in [-0.2, 0) is 32.7 Å². The van der Waals surface area contributed by atoms with Gasteiger partial charge in [0.25, 0.3) is 7.82 Å². The predicted molar refractivity (Wildman–Crippen MR) is 383 cm³/mol. The van der Waals surface area contributed by atoms with Crippen molar-refractivity contribution in [3.8, 4) is 0 Å². The zero-order chi connectivity index (χ0) is 64.8. The van der Waals surface area contributed by atoms with E-state index in [1.807, 2.05) is 21.1 Å². The first kappa shape index (κ1) is 86.2. The molecule has 0 amide bonds. The van der Waals surface area contributed by atoms with Crippen molar-refractivity contribution in [1.82, 2.24) is 0 Å². The second-order valence-electron chi connectivity index (χ2n) is 26.6. The minimum Gasteiger partial charge on any atom is -0.756 e. The van der Waals surface area contributed by atoms with Gasteiger partial charge in [-0.1, -0.05) is 356 Å². The van der Waals surface area contributed by atoms with Gasteiger partial charge in [0.2, 0.25) is 0 Å². The maximum Gasteiger partial charge on any atom is 0.306 e. The Morgan fingerprint density at radius 2 is 0.640 bits per heavy atom. The zero-order valence-corrected chi connectivity index (χ0v) is 60.0. The molecule has 0 aromatic rings. The molecule has 0 bridgehead atoms. The van der Waals surface area contributed by atoms with Crippen molar-refractivity contribution in [1.29, 1.82) is 0 Å². The first-order valence-corrected chi connectivity index (χ1v) is 39.3. The molecule has 10 heteroatoms. The fourth-order valence-electron chi connectivity index (χ4n) is 10.9. The number of carbonyl (C=O) groups is 2. The molecule has 0 saturated carbocycles. The molecule has 2 atom stereocenters. The SMILES string of the molecule is CC/C=C\C/C=C\C/C=C\C/C=C\C/C=C\C/C=C\C/C=C\CCCCCCCCCCCC(=O)OC(COC(=O)CCCCCCCCCCCCCCCCCCCCCCCCCCCCCCCCCCCC)COP(=O)([O-])OCC[N+](C)(C)C. The number of ether oxygens (including phenoxy) is 2. The van der Waals surface area contributed by atoms with Gasteiger partial charge in [0.05, 0.1) is 27.7 Å². The summed E-state index contributed by atoms with van der Waals surface area (Å²) in [7, 11) is 1.17. The maximum atomic E-state index is 12.9. The number of esters is 2. The Bertz CT molecular complexity index is 1780. The van der Waals surface area contributed by atoms with Gasteiger partial charge in [-0.2, -0.15) is 0 Å². The summed E-state index contributed by atoms with van der Waals surface area (Å²) in [5.74, 6) is -0.828. The quantitative estimate of drug-likeness (QED) is 0.0195. The summed E-state index contributed by atoms with van der Waals surface area (Å²) in [4.78, 5) is 38.1. The van der Waals surface area contributed by atoms with E-state index in [1.165, 1.54) is 231 Å². The molecular formula is C79H144NO8P. The maximum absolute atomic E-state index is 12.9. The van der Waals surface area contributed by atoms with Gasteiger partial charge in [0, 0.05) is 12.8 Å². The van der Waals surface area contributed by atoms with Crippen LogP contribution in [0, 0.1) is 0 Å². The largest absolute Gasteiger partial charge is 0.756 e. The Labute approximate surface area is 551 Å². The number of hydrogen-bond acceptors (Lipinski definition) is 8. The van der Waals surface area contributed by atoms with E-state index in [4.69, 9.17) is 18.5 Å². The molecule has 89 heavy (non-hydrogen) atoms. The Kier molecular flexibility index (Phi) is 67.3. The summed E-state index contributed by atoms with van der Waals surface area (Å²) >= 11 is 0. The Balaban J connectivity index is 4.00. The van der Waals surface area contributed by atoms with Crippen LogP contribution in [0.2, 0.25) is 0 Å². The average molecular weight is 1270 g/mol. The predicted octanol–water partition coefficient (Wildman–Crippen LogP) is 24.3. The molecule has 0 rings (SSSR count). The number of phosphoric acid groups is 1. The summed E-state index contributed by atoms with van der Waals surface area (Å²) in [6.45, 7) is 4.17. The molecule has 0 aromatic heterocycles. The van der Waals surface area contributed by atoms with E-state index in [0.717, 1.165) is 89.9 Å². The molecule has 0 heterocycles. The average Bonchev–Trinajstić information content (AvgIpc) is 3.60.